The zero-order valence-electron chi connectivity index (χ0n) is 24.5. The van der Waals surface area contributed by atoms with Crippen LogP contribution in [0.25, 0.3) is 6.08 Å². The minimum atomic E-state index is -0.845. The summed E-state index contributed by atoms with van der Waals surface area (Å²) in [5, 5.41) is 0. The second-order valence-electron chi connectivity index (χ2n) is 9.76. The fraction of sp³-hybridized carbons (Fsp3) is 0.355. The Morgan fingerprint density at radius 2 is 1.79 bits per heavy atom. The molecule has 2 aromatic carbocycles. The second kappa shape index (κ2) is 13.3. The van der Waals surface area contributed by atoms with Crippen molar-refractivity contribution in [2.24, 2.45) is 4.99 Å². The van der Waals surface area contributed by atoms with Crippen molar-refractivity contribution in [3.8, 4) is 17.2 Å². The average Bonchev–Trinajstić information content (AvgIpc) is 3.33. The van der Waals surface area contributed by atoms with E-state index in [0.717, 1.165) is 5.56 Å². The van der Waals surface area contributed by atoms with Gasteiger partial charge in [-0.1, -0.05) is 23.5 Å². The molecule has 3 aromatic rings. The molecule has 0 spiro atoms. The number of nitrogens with zero attached hydrogens (tertiary/aromatic N) is 3. The summed E-state index contributed by atoms with van der Waals surface area (Å²) in [6.07, 6.45) is 1.76. The Kier molecular flexibility index (Phi) is 9.27. The molecule has 0 N–H and O–H groups in total. The Hall–Kier alpha value is -4.42. The molecule has 43 heavy (non-hydrogen) atoms. The van der Waals surface area contributed by atoms with Crippen LogP contribution in [-0.2, 0) is 19.1 Å². The molecule has 0 radical (unpaired) electrons. The van der Waals surface area contributed by atoms with Crippen molar-refractivity contribution in [3.63, 3.8) is 0 Å². The van der Waals surface area contributed by atoms with Crippen molar-refractivity contribution >= 4 is 29.3 Å². The van der Waals surface area contributed by atoms with Crippen LogP contribution >= 0.6 is 11.3 Å². The van der Waals surface area contributed by atoms with Gasteiger partial charge in [-0.15, -0.1) is 0 Å². The molecule has 5 rings (SSSR count). The smallest absolute Gasteiger partial charge is 0.338 e. The molecule has 2 aliphatic rings. The van der Waals surface area contributed by atoms with E-state index in [1.807, 2.05) is 12.1 Å². The van der Waals surface area contributed by atoms with E-state index in [4.69, 9.17) is 23.7 Å². The van der Waals surface area contributed by atoms with E-state index >= 15 is 0 Å². The summed E-state index contributed by atoms with van der Waals surface area (Å²) >= 11 is 1.22. The minimum Gasteiger partial charge on any atom is -0.497 e. The highest BCUT2D eigenvalue weighted by atomic mass is 32.1. The first-order valence-corrected chi connectivity index (χ1v) is 14.7. The van der Waals surface area contributed by atoms with Gasteiger partial charge in [0.2, 0.25) is 0 Å². The van der Waals surface area contributed by atoms with Gasteiger partial charge in [-0.2, -0.15) is 0 Å². The van der Waals surface area contributed by atoms with Crippen molar-refractivity contribution in [2.75, 3.05) is 53.7 Å². The summed E-state index contributed by atoms with van der Waals surface area (Å²) in [7, 11) is 3.07. The van der Waals surface area contributed by atoms with Gasteiger partial charge in [0.05, 0.1) is 49.8 Å². The van der Waals surface area contributed by atoms with Crippen molar-refractivity contribution in [1.29, 1.82) is 0 Å². The zero-order valence-corrected chi connectivity index (χ0v) is 25.3. The van der Waals surface area contributed by atoms with E-state index in [2.05, 4.69) is 4.99 Å². The summed E-state index contributed by atoms with van der Waals surface area (Å²) in [6, 6.07) is 11.5. The lowest BCUT2D eigenvalue weighted by molar-refractivity contribution is -0.139. The first-order valence-electron chi connectivity index (χ1n) is 13.8. The summed E-state index contributed by atoms with van der Waals surface area (Å²) in [5.74, 6) is 0.924. The molecule has 1 saturated heterocycles. The number of fused-ring (bicyclic) bond motifs is 1. The topological polar surface area (TPSA) is 118 Å². The monoisotopic (exact) mass is 607 g/mol. The van der Waals surface area contributed by atoms with Gasteiger partial charge in [-0.25, -0.2) is 9.79 Å². The number of aromatic nitrogens is 1. The zero-order chi connectivity index (χ0) is 30.5. The van der Waals surface area contributed by atoms with Crippen LogP contribution in [0.4, 0.5) is 0 Å². The highest BCUT2D eigenvalue weighted by molar-refractivity contribution is 7.07. The molecule has 3 heterocycles. The van der Waals surface area contributed by atoms with Crippen molar-refractivity contribution in [1.82, 2.24) is 9.47 Å². The lowest BCUT2D eigenvalue weighted by Crippen LogP contribution is -2.42. The van der Waals surface area contributed by atoms with Crippen molar-refractivity contribution in [3.05, 3.63) is 84.5 Å². The standard InChI is InChI=1S/C31H33N3O8S/c1-5-41-30(37)27-19(2)32-31-34(28(27)23-17-22(38-3)10-11-24(23)39-4)29(36)25(43-31)16-20-6-8-21(9-7-20)42-18-26(35)33-12-14-40-15-13-33/h6-11,16-17,28H,5,12-15,18H2,1-4H3/b25-16+/t28-/m0/s1. The summed E-state index contributed by atoms with van der Waals surface area (Å²) in [5.41, 5.74) is 1.72. The Morgan fingerprint density at radius 3 is 2.47 bits per heavy atom. The third-order valence-corrected chi connectivity index (χ3v) is 8.14. The maximum Gasteiger partial charge on any atom is 0.338 e. The third kappa shape index (κ3) is 6.35. The molecule has 1 amide bonds. The first-order chi connectivity index (χ1) is 20.8. The van der Waals surface area contributed by atoms with Crippen LogP contribution in [-0.4, -0.2) is 75.1 Å². The van der Waals surface area contributed by atoms with E-state index in [1.54, 1.807) is 62.3 Å². The average molecular weight is 608 g/mol. The van der Waals surface area contributed by atoms with Gasteiger partial charge < -0.3 is 28.6 Å². The largest absolute Gasteiger partial charge is 0.497 e. The molecule has 1 aromatic heterocycles. The van der Waals surface area contributed by atoms with Gasteiger partial charge >= 0.3 is 5.97 Å². The van der Waals surface area contributed by atoms with Crippen molar-refractivity contribution < 1.29 is 33.3 Å². The van der Waals surface area contributed by atoms with Crippen LogP contribution in [0.2, 0.25) is 0 Å². The van der Waals surface area contributed by atoms with Crippen LogP contribution < -0.4 is 29.1 Å². The summed E-state index contributed by atoms with van der Waals surface area (Å²) in [6.45, 7) is 5.74. The van der Waals surface area contributed by atoms with Gasteiger partial charge in [0, 0.05) is 18.7 Å². The molecule has 1 fully saturated rings. The minimum absolute atomic E-state index is 0.0617. The molecular weight excluding hydrogens is 574 g/mol. The van der Waals surface area contributed by atoms with Gasteiger partial charge in [-0.3, -0.25) is 14.2 Å². The Balaban J connectivity index is 1.49. The number of hydrogen-bond acceptors (Lipinski definition) is 10. The molecule has 0 unspecified atom stereocenters. The number of ether oxygens (including phenoxy) is 5. The lowest BCUT2D eigenvalue weighted by atomic mass is 9.94. The molecule has 1 atom stereocenters. The SMILES string of the molecule is CCOC(=O)C1=C(C)N=c2s/c(=C/c3ccc(OCC(=O)N4CCOCC4)cc3)c(=O)n2[C@H]1c1cc(OC)ccc1OC. The number of hydrogen-bond donors (Lipinski definition) is 0. The quantitative estimate of drug-likeness (QED) is 0.340. The maximum atomic E-state index is 13.9. The Labute approximate surface area is 252 Å². The van der Waals surface area contributed by atoms with Gasteiger partial charge in [0.15, 0.2) is 11.4 Å². The highest BCUT2D eigenvalue weighted by Gasteiger charge is 2.35. The first kappa shape index (κ1) is 30.1. The van der Waals surface area contributed by atoms with E-state index in [1.165, 1.54) is 23.0 Å². The fourth-order valence-corrected chi connectivity index (χ4v) is 6.05. The molecule has 11 nitrogen and oxygen atoms in total. The molecule has 0 saturated carbocycles. The normalized spacial score (nSPS) is 16.8. The van der Waals surface area contributed by atoms with Crippen molar-refractivity contribution in [2.45, 2.75) is 19.9 Å². The summed E-state index contributed by atoms with van der Waals surface area (Å²) in [4.78, 5) is 46.3. The number of benzene rings is 2. The second-order valence-corrected chi connectivity index (χ2v) is 10.8. The molecule has 0 bridgehead atoms. The predicted molar refractivity (Wildman–Crippen MR) is 159 cm³/mol. The number of rotatable bonds is 9. The number of thiazole rings is 1. The number of carbonyl (C=O) groups is 2. The number of allylic oxidation sites excluding steroid dienone is 1. The van der Waals surface area contributed by atoms with Gasteiger partial charge in [0.1, 0.15) is 23.3 Å². The molecule has 226 valence electrons. The van der Waals surface area contributed by atoms with E-state index in [9.17, 15) is 14.4 Å². The predicted octanol–water partition coefficient (Wildman–Crippen LogP) is 2.05. The number of methoxy groups -OCH3 is 2. The number of carbonyl (C=O) groups excluding carboxylic acids is 2. The number of amides is 1. The van der Waals surface area contributed by atoms with E-state index in [0.29, 0.717) is 64.1 Å². The van der Waals surface area contributed by atoms with Crippen LogP contribution in [0.5, 0.6) is 17.2 Å². The maximum absolute atomic E-state index is 13.9. The Morgan fingerprint density at radius 1 is 1.07 bits per heavy atom. The van der Waals surface area contributed by atoms with E-state index in [-0.39, 0.29) is 30.3 Å². The molecular formula is C31H33N3O8S. The highest BCUT2D eigenvalue weighted by Crippen LogP contribution is 2.37. The fourth-order valence-electron chi connectivity index (χ4n) is 5.00. The lowest BCUT2D eigenvalue weighted by Gasteiger charge is -2.26. The van der Waals surface area contributed by atoms with Crippen LogP contribution in [0, 0.1) is 0 Å². The van der Waals surface area contributed by atoms with E-state index < -0.39 is 12.0 Å². The van der Waals surface area contributed by atoms with Crippen LogP contribution in [0.3, 0.4) is 0 Å². The number of esters is 1. The third-order valence-electron chi connectivity index (χ3n) is 7.15. The van der Waals surface area contributed by atoms with Gasteiger partial charge in [-0.05, 0) is 55.8 Å². The molecule has 2 aliphatic heterocycles. The van der Waals surface area contributed by atoms with Crippen LogP contribution in [0.15, 0.2) is 63.5 Å². The Bertz CT molecular complexity index is 1720. The van der Waals surface area contributed by atoms with Gasteiger partial charge in [0.25, 0.3) is 11.5 Å². The molecule has 12 heteroatoms. The summed E-state index contributed by atoms with van der Waals surface area (Å²) < 4.78 is 29.4. The molecule has 0 aliphatic carbocycles. The number of morpholine rings is 1. The van der Waals surface area contributed by atoms with Crippen LogP contribution in [0.1, 0.15) is 31.0 Å².